The van der Waals surface area contributed by atoms with Crippen molar-refractivity contribution in [3.8, 4) is 0 Å². The molecule has 0 saturated carbocycles. The maximum Gasteiger partial charge on any atom is 0.141 e. The summed E-state index contributed by atoms with van der Waals surface area (Å²) in [6.45, 7) is 2.08. The number of Topliss-reactive ketones (excluding diaryl/α,β-unsaturated/α-hetero) is 1. The molecule has 1 nitrogen and oxygen atoms in total. The lowest BCUT2D eigenvalue weighted by Gasteiger charge is -2.06. The maximum atomic E-state index is 13.6. The van der Waals surface area contributed by atoms with Gasteiger partial charge in [-0.05, 0) is 29.7 Å². The van der Waals surface area contributed by atoms with Crippen molar-refractivity contribution in [3.63, 3.8) is 0 Å². The Morgan fingerprint density at radius 1 is 1.05 bits per heavy atom. The topological polar surface area (TPSA) is 17.1 Å². The highest BCUT2D eigenvalue weighted by Gasteiger charge is 2.12. The van der Waals surface area contributed by atoms with E-state index in [1.54, 1.807) is 6.07 Å². The first-order chi connectivity index (χ1) is 9.60. The van der Waals surface area contributed by atoms with E-state index in [4.69, 9.17) is 11.6 Å². The minimum absolute atomic E-state index is 0.0288. The smallest absolute Gasteiger partial charge is 0.141 e. The molecule has 0 aromatic heterocycles. The van der Waals surface area contributed by atoms with Gasteiger partial charge in [-0.2, -0.15) is 0 Å². The van der Waals surface area contributed by atoms with E-state index in [1.165, 1.54) is 17.7 Å². The predicted octanol–water partition coefficient (Wildman–Crippen LogP) is 4.40. The molecule has 2 aromatic carbocycles. The molecule has 0 aliphatic rings. The molecule has 0 aliphatic carbocycles. The fourth-order valence-corrected chi connectivity index (χ4v) is 2.31. The van der Waals surface area contributed by atoms with Crippen LogP contribution in [0.1, 0.15) is 23.6 Å². The number of carbonyl (C=O) groups excluding carboxylic acids is 1. The second kappa shape index (κ2) is 6.67. The van der Waals surface area contributed by atoms with Crippen molar-refractivity contribution in [1.82, 2.24) is 0 Å². The van der Waals surface area contributed by atoms with Gasteiger partial charge in [0.1, 0.15) is 11.6 Å². The number of rotatable bonds is 5. The van der Waals surface area contributed by atoms with Crippen LogP contribution in [0, 0.1) is 5.82 Å². The van der Waals surface area contributed by atoms with Gasteiger partial charge in [-0.25, -0.2) is 4.39 Å². The van der Waals surface area contributed by atoms with Gasteiger partial charge in [0.05, 0.1) is 0 Å². The second-order valence-electron chi connectivity index (χ2n) is 4.76. The van der Waals surface area contributed by atoms with Crippen molar-refractivity contribution in [2.45, 2.75) is 26.2 Å². The van der Waals surface area contributed by atoms with Crippen LogP contribution in [0.4, 0.5) is 4.39 Å². The number of benzene rings is 2. The lowest BCUT2D eigenvalue weighted by Crippen LogP contribution is -2.08. The van der Waals surface area contributed by atoms with E-state index in [-0.39, 0.29) is 17.8 Å². The van der Waals surface area contributed by atoms with Gasteiger partial charge < -0.3 is 0 Å². The van der Waals surface area contributed by atoms with Gasteiger partial charge in [-0.3, -0.25) is 4.79 Å². The molecule has 2 aromatic rings. The summed E-state index contributed by atoms with van der Waals surface area (Å²) in [7, 11) is 0. The van der Waals surface area contributed by atoms with Gasteiger partial charge in [0, 0.05) is 23.4 Å². The summed E-state index contributed by atoms with van der Waals surface area (Å²) in [4.78, 5) is 12.0. The first kappa shape index (κ1) is 14.7. The van der Waals surface area contributed by atoms with Crippen molar-refractivity contribution in [2.24, 2.45) is 0 Å². The minimum atomic E-state index is -0.424. The summed E-state index contributed by atoms with van der Waals surface area (Å²) >= 11 is 5.92. The molecule has 0 aliphatic heterocycles. The summed E-state index contributed by atoms with van der Waals surface area (Å²) < 4.78 is 13.6. The average molecular weight is 291 g/mol. The minimum Gasteiger partial charge on any atom is -0.299 e. The van der Waals surface area contributed by atoms with Crippen molar-refractivity contribution >= 4 is 17.4 Å². The van der Waals surface area contributed by atoms with Crippen molar-refractivity contribution < 1.29 is 9.18 Å². The molecule has 3 heteroatoms. The highest BCUT2D eigenvalue weighted by Crippen LogP contribution is 2.20. The van der Waals surface area contributed by atoms with Crippen LogP contribution in [0.2, 0.25) is 5.02 Å². The Morgan fingerprint density at radius 2 is 1.70 bits per heavy atom. The Labute approximate surface area is 123 Å². The van der Waals surface area contributed by atoms with E-state index in [0.29, 0.717) is 11.4 Å². The number of halogens is 2. The van der Waals surface area contributed by atoms with Gasteiger partial charge >= 0.3 is 0 Å². The van der Waals surface area contributed by atoms with Crippen LogP contribution in [0.25, 0.3) is 0 Å². The average Bonchev–Trinajstić information content (AvgIpc) is 2.44. The predicted molar refractivity (Wildman–Crippen MR) is 79.6 cm³/mol. The summed E-state index contributed by atoms with van der Waals surface area (Å²) in [6.07, 6.45) is 1.30. The third-order valence-corrected chi connectivity index (χ3v) is 3.62. The highest BCUT2D eigenvalue weighted by atomic mass is 35.5. The Hall–Kier alpha value is -1.67. The lowest BCUT2D eigenvalue weighted by atomic mass is 10.0. The normalized spacial score (nSPS) is 10.6. The monoisotopic (exact) mass is 290 g/mol. The number of aryl methyl sites for hydroxylation is 1. The molecule has 0 spiro atoms. The number of hydrogen-bond acceptors (Lipinski definition) is 1. The fraction of sp³-hybridized carbons (Fsp3) is 0.235. The summed E-state index contributed by atoms with van der Waals surface area (Å²) in [6, 6.07) is 12.4. The van der Waals surface area contributed by atoms with Crippen molar-refractivity contribution in [2.75, 3.05) is 0 Å². The fourth-order valence-electron chi connectivity index (χ4n) is 2.08. The molecule has 0 saturated heterocycles. The Balaban J connectivity index is 2.05. The van der Waals surface area contributed by atoms with Crippen LogP contribution >= 0.6 is 11.6 Å². The summed E-state index contributed by atoms with van der Waals surface area (Å²) in [5, 5.41) is 0.305. The van der Waals surface area contributed by atoms with Gasteiger partial charge in [-0.1, -0.05) is 48.9 Å². The van der Waals surface area contributed by atoms with Gasteiger partial charge in [-0.15, -0.1) is 0 Å². The third kappa shape index (κ3) is 3.67. The first-order valence-corrected chi connectivity index (χ1v) is 7.00. The molecule has 2 rings (SSSR count). The number of hydrogen-bond donors (Lipinski definition) is 0. The van der Waals surface area contributed by atoms with Gasteiger partial charge in [0.25, 0.3) is 0 Å². The van der Waals surface area contributed by atoms with Crippen LogP contribution < -0.4 is 0 Å². The van der Waals surface area contributed by atoms with E-state index in [0.717, 1.165) is 12.0 Å². The molecule has 0 N–H and O–H groups in total. The molecule has 0 heterocycles. The molecular formula is C17H16ClFO. The largest absolute Gasteiger partial charge is 0.299 e. The van der Waals surface area contributed by atoms with Gasteiger partial charge in [0.2, 0.25) is 0 Å². The zero-order valence-corrected chi connectivity index (χ0v) is 12.1. The van der Waals surface area contributed by atoms with E-state index in [1.807, 2.05) is 24.3 Å². The van der Waals surface area contributed by atoms with Crippen LogP contribution in [0.15, 0.2) is 42.5 Å². The van der Waals surface area contributed by atoms with Crippen LogP contribution in [0.3, 0.4) is 0 Å². The molecule has 20 heavy (non-hydrogen) atoms. The quantitative estimate of drug-likeness (QED) is 0.798. The van der Waals surface area contributed by atoms with E-state index >= 15 is 0 Å². The molecule has 0 atom stereocenters. The number of ketones is 1. The van der Waals surface area contributed by atoms with Crippen LogP contribution in [-0.2, 0) is 24.1 Å². The summed E-state index contributed by atoms with van der Waals surface area (Å²) in [5.74, 6) is -0.464. The summed E-state index contributed by atoms with van der Waals surface area (Å²) in [5.41, 5.74) is 2.46. The zero-order chi connectivity index (χ0) is 14.5. The Kier molecular flexibility index (Phi) is 4.91. The van der Waals surface area contributed by atoms with E-state index in [9.17, 15) is 9.18 Å². The Morgan fingerprint density at radius 3 is 2.30 bits per heavy atom. The molecule has 0 radical (unpaired) electrons. The second-order valence-corrected chi connectivity index (χ2v) is 5.17. The standard InChI is InChI=1S/C17H16ClFO/c1-2-12-6-8-13(9-7-12)10-14(20)11-15-16(18)4-3-5-17(15)19/h3-9H,2,10-11H2,1H3. The lowest BCUT2D eigenvalue weighted by molar-refractivity contribution is -0.117. The van der Waals surface area contributed by atoms with Gasteiger partial charge in [0.15, 0.2) is 0 Å². The molecule has 0 fully saturated rings. The van der Waals surface area contributed by atoms with E-state index < -0.39 is 5.82 Å². The highest BCUT2D eigenvalue weighted by molar-refractivity contribution is 6.31. The van der Waals surface area contributed by atoms with Crippen LogP contribution in [-0.4, -0.2) is 5.78 Å². The van der Waals surface area contributed by atoms with Crippen LogP contribution in [0.5, 0.6) is 0 Å². The molecular weight excluding hydrogens is 275 g/mol. The SMILES string of the molecule is CCc1ccc(CC(=O)Cc2c(F)cccc2Cl)cc1. The number of carbonyl (C=O) groups is 1. The third-order valence-electron chi connectivity index (χ3n) is 3.27. The molecule has 0 unspecified atom stereocenters. The van der Waals surface area contributed by atoms with Crippen molar-refractivity contribution in [1.29, 1.82) is 0 Å². The van der Waals surface area contributed by atoms with E-state index in [2.05, 4.69) is 6.92 Å². The molecule has 0 bridgehead atoms. The first-order valence-electron chi connectivity index (χ1n) is 6.62. The van der Waals surface area contributed by atoms with Crippen molar-refractivity contribution in [3.05, 3.63) is 70.0 Å². The molecule has 104 valence electrons. The maximum absolute atomic E-state index is 13.6. The zero-order valence-electron chi connectivity index (χ0n) is 11.3. The molecule has 0 amide bonds. The Bertz CT molecular complexity index is 585.